The molecule has 0 aliphatic heterocycles. The van der Waals surface area contributed by atoms with E-state index in [4.69, 9.17) is 9.84 Å². The van der Waals surface area contributed by atoms with E-state index < -0.39 is 16.3 Å². The van der Waals surface area contributed by atoms with Crippen molar-refractivity contribution in [2.75, 3.05) is 6.61 Å². The number of fused-ring (bicyclic) bond motifs is 1. The van der Waals surface area contributed by atoms with Crippen LogP contribution in [0, 0.1) is 0 Å². The summed E-state index contributed by atoms with van der Waals surface area (Å²) in [7, 11) is 0. The number of carboxylic acid groups (broad SMARTS) is 1. The van der Waals surface area contributed by atoms with Crippen LogP contribution in [0.1, 0.15) is 29.2 Å². The first kappa shape index (κ1) is 14.9. The topological polar surface area (TPSA) is 76.5 Å². The van der Waals surface area contributed by atoms with Crippen molar-refractivity contribution in [3.05, 3.63) is 28.8 Å². The van der Waals surface area contributed by atoms with Crippen LogP contribution < -0.4 is 0 Å². The predicted octanol–water partition coefficient (Wildman–Crippen LogP) is 3.17. The average molecular weight is 358 g/mol. The molecule has 1 heterocycles. The minimum atomic E-state index is -1.03. The summed E-state index contributed by atoms with van der Waals surface area (Å²) in [6.07, 6.45) is 0. The molecule has 1 aromatic carbocycles. The Balaban J connectivity index is 2.46. The zero-order valence-electron chi connectivity index (χ0n) is 10.8. The second kappa shape index (κ2) is 5.49. The first-order valence-electron chi connectivity index (χ1n) is 5.86. The van der Waals surface area contributed by atoms with Crippen LogP contribution in [0.5, 0.6) is 0 Å². The Labute approximate surface area is 127 Å². The number of thiazole rings is 1. The highest BCUT2D eigenvalue weighted by Gasteiger charge is 2.37. The number of aromatic carboxylic acids is 1. The average Bonchev–Trinajstić information content (AvgIpc) is 2.82. The summed E-state index contributed by atoms with van der Waals surface area (Å²) in [5.74, 6) is -1.43. The summed E-state index contributed by atoms with van der Waals surface area (Å²) in [5, 5.41) is 9.50. The van der Waals surface area contributed by atoms with Crippen molar-refractivity contribution in [1.29, 1.82) is 0 Å². The number of hydrogen-bond donors (Lipinski definition) is 1. The smallest absolute Gasteiger partial charge is 0.335 e. The van der Waals surface area contributed by atoms with E-state index >= 15 is 0 Å². The number of benzene rings is 1. The Morgan fingerprint density at radius 2 is 2.20 bits per heavy atom. The number of halogens is 1. The van der Waals surface area contributed by atoms with Crippen molar-refractivity contribution in [2.45, 2.75) is 18.2 Å². The summed E-state index contributed by atoms with van der Waals surface area (Å²) in [5.41, 5.74) is 0.724. The van der Waals surface area contributed by atoms with E-state index in [1.165, 1.54) is 23.5 Å². The van der Waals surface area contributed by atoms with E-state index in [-0.39, 0.29) is 12.2 Å². The molecule has 1 atom stereocenters. The first-order valence-corrected chi connectivity index (χ1v) is 7.47. The number of carbonyl (C=O) groups is 2. The Morgan fingerprint density at radius 1 is 1.50 bits per heavy atom. The van der Waals surface area contributed by atoms with E-state index in [9.17, 15) is 9.59 Å². The molecular formula is C13H12BrNO4S. The molecule has 0 bridgehead atoms. The van der Waals surface area contributed by atoms with Crippen molar-refractivity contribution in [3.63, 3.8) is 0 Å². The van der Waals surface area contributed by atoms with Crippen LogP contribution in [0.3, 0.4) is 0 Å². The highest BCUT2D eigenvalue weighted by Crippen LogP contribution is 2.37. The molecule has 1 aromatic heterocycles. The van der Waals surface area contributed by atoms with Crippen molar-refractivity contribution >= 4 is 49.4 Å². The number of nitrogens with zero attached hydrogens (tertiary/aromatic N) is 1. The third kappa shape index (κ3) is 2.69. The molecule has 0 saturated carbocycles. The van der Waals surface area contributed by atoms with Crippen molar-refractivity contribution < 1.29 is 19.4 Å². The molecule has 1 N–H and O–H groups in total. The molecule has 2 rings (SSSR count). The molecule has 7 heteroatoms. The quantitative estimate of drug-likeness (QED) is 0.671. The van der Waals surface area contributed by atoms with Gasteiger partial charge < -0.3 is 9.84 Å². The summed E-state index contributed by atoms with van der Waals surface area (Å²) < 4.78 is 4.79. The Bertz CT molecular complexity index is 680. The molecule has 2 aromatic rings. The molecule has 0 fully saturated rings. The summed E-state index contributed by atoms with van der Waals surface area (Å²) >= 11 is 4.67. The fraction of sp³-hybridized carbons (Fsp3) is 0.308. The van der Waals surface area contributed by atoms with Crippen molar-refractivity contribution in [1.82, 2.24) is 4.98 Å². The second-order valence-electron chi connectivity index (χ2n) is 4.23. The van der Waals surface area contributed by atoms with Crippen LogP contribution >= 0.6 is 27.3 Å². The van der Waals surface area contributed by atoms with Gasteiger partial charge in [0.05, 0.1) is 22.4 Å². The van der Waals surface area contributed by atoms with Gasteiger partial charge in [0, 0.05) is 0 Å². The number of hydrogen-bond acceptors (Lipinski definition) is 5. The Morgan fingerprint density at radius 3 is 2.80 bits per heavy atom. The van der Waals surface area contributed by atoms with Crippen LogP contribution in [0.4, 0.5) is 0 Å². The standard InChI is InChI=1S/C13H12BrNO4S/c1-3-19-12(18)13(2,14)11-15-8-6-7(10(16)17)4-5-9(8)20-11/h4-6H,3H2,1-2H3,(H,16,17). The van der Waals surface area contributed by atoms with Crippen LogP contribution in [0.25, 0.3) is 10.2 Å². The number of carbonyl (C=O) groups excluding carboxylic acids is 1. The molecule has 20 heavy (non-hydrogen) atoms. The van der Waals surface area contributed by atoms with Gasteiger partial charge in [-0.05, 0) is 32.0 Å². The highest BCUT2D eigenvalue weighted by atomic mass is 79.9. The summed E-state index contributed by atoms with van der Waals surface area (Å²) in [6.45, 7) is 3.69. The van der Waals surface area contributed by atoms with Crippen LogP contribution in [-0.2, 0) is 13.9 Å². The third-order valence-corrected chi connectivity index (χ3v) is 4.91. The van der Waals surface area contributed by atoms with Crippen LogP contribution in [-0.4, -0.2) is 28.6 Å². The van der Waals surface area contributed by atoms with E-state index in [0.717, 1.165) is 4.70 Å². The van der Waals surface area contributed by atoms with Gasteiger partial charge in [-0.1, -0.05) is 15.9 Å². The highest BCUT2D eigenvalue weighted by molar-refractivity contribution is 9.10. The molecular weight excluding hydrogens is 346 g/mol. The minimum Gasteiger partial charge on any atom is -0.478 e. The molecule has 0 saturated heterocycles. The lowest BCUT2D eigenvalue weighted by Gasteiger charge is -2.17. The predicted molar refractivity (Wildman–Crippen MR) is 79.5 cm³/mol. The fourth-order valence-electron chi connectivity index (χ4n) is 1.62. The summed E-state index contributed by atoms with van der Waals surface area (Å²) in [6, 6.07) is 4.70. The van der Waals surface area contributed by atoms with Crippen LogP contribution in [0.2, 0.25) is 0 Å². The van der Waals surface area contributed by atoms with E-state index in [1.807, 2.05) is 0 Å². The molecule has 0 aliphatic rings. The zero-order valence-corrected chi connectivity index (χ0v) is 13.2. The lowest BCUT2D eigenvalue weighted by atomic mass is 10.2. The maximum atomic E-state index is 11.9. The lowest BCUT2D eigenvalue weighted by Crippen LogP contribution is -2.27. The monoisotopic (exact) mass is 357 g/mol. The number of aromatic nitrogens is 1. The number of ether oxygens (including phenoxy) is 1. The second-order valence-corrected chi connectivity index (χ2v) is 6.85. The molecule has 0 radical (unpaired) electrons. The van der Waals surface area contributed by atoms with Gasteiger partial charge >= 0.3 is 11.9 Å². The normalized spacial score (nSPS) is 13.9. The van der Waals surface area contributed by atoms with Gasteiger partial charge in [0.15, 0.2) is 4.32 Å². The number of carboxylic acids is 1. The Hall–Kier alpha value is -1.47. The van der Waals surface area contributed by atoms with Crippen LogP contribution in [0.15, 0.2) is 18.2 Å². The fourth-order valence-corrected chi connectivity index (χ4v) is 3.03. The molecule has 0 aliphatic carbocycles. The van der Waals surface area contributed by atoms with Gasteiger partial charge in [-0.3, -0.25) is 4.79 Å². The maximum Gasteiger partial charge on any atom is 0.335 e. The largest absolute Gasteiger partial charge is 0.478 e. The molecule has 1 unspecified atom stereocenters. The van der Waals surface area contributed by atoms with Crippen molar-refractivity contribution in [2.24, 2.45) is 0 Å². The van der Waals surface area contributed by atoms with E-state index in [1.54, 1.807) is 19.9 Å². The SMILES string of the molecule is CCOC(=O)C(C)(Br)c1nc2cc(C(=O)O)ccc2s1. The van der Waals surface area contributed by atoms with Gasteiger partial charge in [0.2, 0.25) is 0 Å². The lowest BCUT2D eigenvalue weighted by molar-refractivity contribution is -0.145. The van der Waals surface area contributed by atoms with Gasteiger partial charge in [-0.25, -0.2) is 9.78 Å². The minimum absolute atomic E-state index is 0.168. The number of rotatable bonds is 4. The number of esters is 1. The molecule has 106 valence electrons. The Kier molecular flexibility index (Phi) is 4.10. The van der Waals surface area contributed by atoms with Gasteiger partial charge in [-0.15, -0.1) is 11.3 Å². The molecule has 5 nitrogen and oxygen atoms in total. The zero-order chi connectivity index (χ0) is 14.9. The van der Waals surface area contributed by atoms with E-state index in [0.29, 0.717) is 10.5 Å². The van der Waals surface area contributed by atoms with Gasteiger partial charge in [0.25, 0.3) is 0 Å². The first-order chi connectivity index (χ1) is 9.36. The van der Waals surface area contributed by atoms with Gasteiger partial charge in [-0.2, -0.15) is 0 Å². The van der Waals surface area contributed by atoms with E-state index in [2.05, 4.69) is 20.9 Å². The summed E-state index contributed by atoms with van der Waals surface area (Å²) in [4.78, 5) is 27.2. The van der Waals surface area contributed by atoms with Gasteiger partial charge in [0.1, 0.15) is 5.01 Å². The maximum absolute atomic E-state index is 11.9. The van der Waals surface area contributed by atoms with Crippen molar-refractivity contribution in [3.8, 4) is 0 Å². The third-order valence-electron chi connectivity index (χ3n) is 2.69. The molecule has 0 amide bonds. The molecule has 0 spiro atoms. The number of alkyl halides is 1.